The predicted octanol–water partition coefficient (Wildman–Crippen LogP) is 7.17. The Morgan fingerprint density at radius 3 is 1.91 bits per heavy atom. The van der Waals surface area contributed by atoms with Gasteiger partial charge in [-0.3, -0.25) is 0 Å². The van der Waals surface area contributed by atoms with Crippen molar-refractivity contribution in [3.05, 3.63) is 120 Å². The van der Waals surface area contributed by atoms with E-state index in [-0.39, 0.29) is 0 Å². The molecule has 32 heavy (non-hydrogen) atoms. The molecule has 0 aliphatic carbocycles. The van der Waals surface area contributed by atoms with Crippen molar-refractivity contribution in [2.45, 2.75) is 6.42 Å². The van der Waals surface area contributed by atoms with Crippen LogP contribution in [0.3, 0.4) is 0 Å². The van der Waals surface area contributed by atoms with Crippen LogP contribution in [-0.4, -0.2) is 9.97 Å². The summed E-state index contributed by atoms with van der Waals surface area (Å²) in [6.07, 6.45) is 0.849. The number of nitrogens with zero attached hydrogens (tertiary/aromatic N) is 2. The van der Waals surface area contributed by atoms with E-state index in [1.807, 2.05) is 66.7 Å². The number of benzene rings is 4. The summed E-state index contributed by atoms with van der Waals surface area (Å²) < 4.78 is 6.12. The van der Waals surface area contributed by atoms with Gasteiger partial charge in [0.1, 0.15) is 11.5 Å². The summed E-state index contributed by atoms with van der Waals surface area (Å²) in [6, 6.07) is 37.0. The van der Waals surface area contributed by atoms with Crippen molar-refractivity contribution >= 4 is 0 Å². The third-order valence-corrected chi connectivity index (χ3v) is 5.76. The van der Waals surface area contributed by atoms with Gasteiger partial charge in [0, 0.05) is 23.1 Å². The van der Waals surface area contributed by atoms with E-state index >= 15 is 0 Å². The van der Waals surface area contributed by atoms with E-state index in [9.17, 15) is 0 Å². The molecule has 2 heterocycles. The van der Waals surface area contributed by atoms with Gasteiger partial charge in [0.2, 0.25) is 0 Å². The Kier molecular flexibility index (Phi) is 4.51. The molecule has 0 fully saturated rings. The first-order chi connectivity index (χ1) is 15.8. The van der Waals surface area contributed by atoms with Crippen LogP contribution in [0.15, 0.2) is 109 Å². The topological polar surface area (TPSA) is 35.0 Å². The summed E-state index contributed by atoms with van der Waals surface area (Å²) in [5.74, 6) is 2.57. The van der Waals surface area contributed by atoms with Crippen LogP contribution >= 0.6 is 0 Å². The van der Waals surface area contributed by atoms with Crippen LogP contribution in [0.5, 0.6) is 11.5 Å². The Hall–Kier alpha value is -4.24. The highest BCUT2D eigenvalue weighted by atomic mass is 16.5. The molecule has 5 aromatic rings. The van der Waals surface area contributed by atoms with Crippen LogP contribution in [0.4, 0.5) is 0 Å². The third-order valence-electron chi connectivity index (χ3n) is 5.76. The van der Waals surface area contributed by atoms with E-state index in [4.69, 9.17) is 14.7 Å². The molecule has 0 N–H and O–H groups in total. The van der Waals surface area contributed by atoms with E-state index in [0.29, 0.717) is 0 Å². The summed E-state index contributed by atoms with van der Waals surface area (Å²) in [5.41, 5.74) is 7.32. The first kappa shape index (κ1) is 18.5. The molecular formula is C29H20N2O. The fourth-order valence-electron chi connectivity index (χ4n) is 4.12. The molecule has 3 heteroatoms. The van der Waals surface area contributed by atoms with E-state index in [1.165, 1.54) is 11.1 Å². The highest BCUT2D eigenvalue weighted by molar-refractivity contribution is 5.73. The Morgan fingerprint density at radius 1 is 0.500 bits per heavy atom. The van der Waals surface area contributed by atoms with Gasteiger partial charge < -0.3 is 4.74 Å². The van der Waals surface area contributed by atoms with Gasteiger partial charge in [-0.25, -0.2) is 9.97 Å². The largest absolute Gasteiger partial charge is 0.457 e. The normalized spacial score (nSPS) is 11.9. The summed E-state index contributed by atoms with van der Waals surface area (Å²) in [4.78, 5) is 9.82. The van der Waals surface area contributed by atoms with Gasteiger partial charge in [0.05, 0.1) is 11.4 Å². The summed E-state index contributed by atoms with van der Waals surface area (Å²) in [5, 5.41) is 0. The van der Waals surface area contributed by atoms with Gasteiger partial charge in [-0.15, -0.1) is 0 Å². The lowest BCUT2D eigenvalue weighted by atomic mass is 9.97. The molecule has 3 nitrogen and oxygen atoms in total. The van der Waals surface area contributed by atoms with Crippen LogP contribution in [0, 0.1) is 0 Å². The quantitative estimate of drug-likeness (QED) is 0.309. The average Bonchev–Trinajstić information content (AvgIpc) is 2.88. The Bertz CT molecular complexity index is 1350. The van der Waals surface area contributed by atoms with Crippen molar-refractivity contribution in [3.8, 4) is 45.4 Å². The van der Waals surface area contributed by atoms with Gasteiger partial charge in [0.15, 0.2) is 5.82 Å². The van der Waals surface area contributed by atoms with Gasteiger partial charge in [0.25, 0.3) is 0 Å². The molecule has 0 radical (unpaired) electrons. The minimum absolute atomic E-state index is 0.723. The summed E-state index contributed by atoms with van der Waals surface area (Å²) >= 11 is 0. The minimum Gasteiger partial charge on any atom is -0.457 e. The van der Waals surface area contributed by atoms with Crippen LogP contribution < -0.4 is 4.74 Å². The molecule has 0 unspecified atom stereocenters. The maximum Gasteiger partial charge on any atom is 0.160 e. The minimum atomic E-state index is 0.723. The molecule has 4 aromatic carbocycles. The molecule has 0 saturated heterocycles. The van der Waals surface area contributed by atoms with Crippen LogP contribution in [0.1, 0.15) is 11.1 Å². The molecule has 0 atom stereocenters. The molecule has 0 bridgehead atoms. The first-order valence-corrected chi connectivity index (χ1v) is 10.7. The molecule has 6 rings (SSSR count). The number of aromatic nitrogens is 2. The average molecular weight is 412 g/mol. The van der Waals surface area contributed by atoms with Crippen LogP contribution in [0.25, 0.3) is 33.9 Å². The molecular weight excluding hydrogens is 392 g/mol. The highest BCUT2D eigenvalue weighted by Gasteiger charge is 2.18. The summed E-state index contributed by atoms with van der Waals surface area (Å²) in [6.45, 7) is 0. The molecule has 1 aromatic heterocycles. The zero-order valence-electron chi connectivity index (χ0n) is 17.4. The molecule has 1 aliphatic heterocycles. The monoisotopic (exact) mass is 412 g/mol. The molecule has 0 spiro atoms. The first-order valence-electron chi connectivity index (χ1n) is 10.7. The molecule has 1 aliphatic rings. The smallest absolute Gasteiger partial charge is 0.160 e. The number of rotatable bonds is 3. The van der Waals surface area contributed by atoms with E-state index in [0.717, 1.165) is 51.8 Å². The zero-order valence-corrected chi connectivity index (χ0v) is 17.4. The van der Waals surface area contributed by atoms with Crippen molar-refractivity contribution in [1.29, 1.82) is 0 Å². The van der Waals surface area contributed by atoms with E-state index in [2.05, 4.69) is 42.5 Å². The third kappa shape index (κ3) is 3.44. The Labute approximate surface area is 187 Å². The van der Waals surface area contributed by atoms with Crippen molar-refractivity contribution in [2.24, 2.45) is 0 Å². The fourth-order valence-corrected chi connectivity index (χ4v) is 4.12. The number of ether oxygens (including phenoxy) is 1. The number of para-hydroxylation sites is 1. The SMILES string of the molecule is c1ccc(-c2cc(-c3ccc4c(c3)Cc3ccccc3O4)nc(-c3ccccc3)n2)cc1. The lowest BCUT2D eigenvalue weighted by Crippen LogP contribution is -2.03. The maximum absolute atomic E-state index is 6.12. The fraction of sp³-hybridized carbons (Fsp3) is 0.0345. The lowest BCUT2D eigenvalue weighted by molar-refractivity contribution is 0.460. The molecule has 152 valence electrons. The van der Waals surface area contributed by atoms with Crippen molar-refractivity contribution in [3.63, 3.8) is 0 Å². The van der Waals surface area contributed by atoms with Gasteiger partial charge in [-0.1, -0.05) is 78.9 Å². The van der Waals surface area contributed by atoms with Crippen molar-refractivity contribution in [2.75, 3.05) is 0 Å². The van der Waals surface area contributed by atoms with Gasteiger partial charge in [-0.2, -0.15) is 0 Å². The molecule has 0 amide bonds. The standard InChI is InChI=1S/C29H20N2O/c1-3-9-20(10-4-1)25-19-26(31-29(30-25)21-11-5-2-6-12-21)22-15-16-28-24(17-22)18-23-13-7-8-14-27(23)32-28/h1-17,19H,18H2. The number of fused-ring (bicyclic) bond motifs is 2. The van der Waals surface area contributed by atoms with Gasteiger partial charge in [-0.05, 0) is 41.5 Å². The lowest BCUT2D eigenvalue weighted by Gasteiger charge is -2.20. The van der Waals surface area contributed by atoms with Crippen LogP contribution in [-0.2, 0) is 6.42 Å². The van der Waals surface area contributed by atoms with Gasteiger partial charge >= 0.3 is 0 Å². The highest BCUT2D eigenvalue weighted by Crippen LogP contribution is 2.38. The number of hydrogen-bond acceptors (Lipinski definition) is 3. The second-order valence-electron chi connectivity index (χ2n) is 7.90. The number of hydrogen-bond donors (Lipinski definition) is 0. The molecule has 0 saturated carbocycles. The van der Waals surface area contributed by atoms with Crippen molar-refractivity contribution < 1.29 is 4.74 Å². The zero-order chi connectivity index (χ0) is 21.3. The maximum atomic E-state index is 6.12. The summed E-state index contributed by atoms with van der Waals surface area (Å²) in [7, 11) is 0. The van der Waals surface area contributed by atoms with E-state index < -0.39 is 0 Å². The predicted molar refractivity (Wildman–Crippen MR) is 128 cm³/mol. The van der Waals surface area contributed by atoms with Crippen molar-refractivity contribution in [1.82, 2.24) is 9.97 Å². The van der Waals surface area contributed by atoms with Crippen LogP contribution in [0.2, 0.25) is 0 Å². The Balaban J connectivity index is 1.47. The van der Waals surface area contributed by atoms with E-state index in [1.54, 1.807) is 0 Å². The second-order valence-corrected chi connectivity index (χ2v) is 7.90. The second kappa shape index (κ2) is 7.78. The Morgan fingerprint density at radius 2 is 1.12 bits per heavy atom.